The molecule has 3 heteroatoms. The number of rotatable bonds is 4. The third-order valence-corrected chi connectivity index (χ3v) is 4.56. The Morgan fingerprint density at radius 2 is 1.95 bits per heavy atom. The molecule has 0 aromatic heterocycles. The van der Waals surface area contributed by atoms with E-state index >= 15 is 0 Å². The Balaban J connectivity index is 2.38. The Hall–Kier alpha value is -0.900. The van der Waals surface area contributed by atoms with E-state index in [0.29, 0.717) is 6.42 Å². The molecule has 2 rings (SSSR count). The molecule has 0 unspecified atom stereocenters. The quantitative estimate of drug-likeness (QED) is 0.890. The second kappa shape index (κ2) is 6.25. The van der Waals surface area contributed by atoms with Gasteiger partial charge < -0.3 is 14.9 Å². The van der Waals surface area contributed by atoms with Crippen LogP contribution in [0, 0.1) is 12.8 Å². The third-order valence-electron chi connectivity index (χ3n) is 4.56. The Morgan fingerprint density at radius 1 is 1.25 bits per heavy atom. The van der Waals surface area contributed by atoms with E-state index in [2.05, 4.69) is 32.0 Å². The number of hydrogen-bond acceptors (Lipinski definition) is 3. The Labute approximate surface area is 121 Å². The summed E-state index contributed by atoms with van der Waals surface area (Å²) in [4.78, 5) is 0. The minimum atomic E-state index is -0.399. The first-order valence-electron chi connectivity index (χ1n) is 7.50. The predicted molar refractivity (Wildman–Crippen MR) is 79.8 cm³/mol. The molecule has 1 aliphatic heterocycles. The van der Waals surface area contributed by atoms with E-state index in [4.69, 9.17) is 4.74 Å². The summed E-state index contributed by atoms with van der Waals surface area (Å²) in [6, 6.07) is 6.46. The van der Waals surface area contributed by atoms with Gasteiger partial charge in [-0.15, -0.1) is 0 Å². The predicted octanol–water partition coefficient (Wildman–Crippen LogP) is 2.94. The molecule has 1 aromatic rings. The van der Waals surface area contributed by atoms with Gasteiger partial charge in [0.05, 0.1) is 18.3 Å². The molecule has 0 saturated heterocycles. The normalized spacial score (nSPS) is 28.8. The molecule has 2 N–H and O–H groups in total. The van der Waals surface area contributed by atoms with Crippen molar-refractivity contribution in [1.82, 2.24) is 0 Å². The van der Waals surface area contributed by atoms with Crippen LogP contribution in [0.4, 0.5) is 0 Å². The molecule has 1 aromatic carbocycles. The second-order valence-electron chi connectivity index (χ2n) is 6.12. The van der Waals surface area contributed by atoms with Gasteiger partial charge >= 0.3 is 0 Å². The summed E-state index contributed by atoms with van der Waals surface area (Å²) in [5.74, 6) is 0.325. The highest BCUT2D eigenvalue weighted by Crippen LogP contribution is 2.42. The molecular weight excluding hydrogens is 252 g/mol. The fourth-order valence-electron chi connectivity index (χ4n) is 3.14. The van der Waals surface area contributed by atoms with Gasteiger partial charge in [0.25, 0.3) is 0 Å². The van der Waals surface area contributed by atoms with Gasteiger partial charge in [-0.3, -0.25) is 0 Å². The SMILES string of the molecule is Cc1ccc2c(c1)[C@H](CCO)O[C@H]([C@H](C)[C@@H](C)O)[C@@H]2C. The Bertz CT molecular complexity index is 456. The van der Waals surface area contributed by atoms with E-state index in [-0.39, 0.29) is 30.7 Å². The number of fused-ring (bicyclic) bond motifs is 1. The van der Waals surface area contributed by atoms with Crippen molar-refractivity contribution in [3.8, 4) is 0 Å². The smallest absolute Gasteiger partial charge is 0.0853 e. The van der Waals surface area contributed by atoms with Crippen molar-refractivity contribution < 1.29 is 14.9 Å². The first-order valence-corrected chi connectivity index (χ1v) is 7.50. The van der Waals surface area contributed by atoms with Crippen molar-refractivity contribution >= 4 is 0 Å². The minimum Gasteiger partial charge on any atom is -0.396 e. The van der Waals surface area contributed by atoms with Gasteiger partial charge in [-0.25, -0.2) is 0 Å². The standard InChI is InChI=1S/C17H26O3/c1-10-5-6-14-12(3)17(11(2)13(4)19)20-16(7-8-18)15(14)9-10/h5-6,9,11-13,16-19H,7-8H2,1-4H3/t11-,12-,13-,16+,17-/m1/s1. The summed E-state index contributed by atoms with van der Waals surface area (Å²) in [7, 11) is 0. The summed E-state index contributed by atoms with van der Waals surface area (Å²) in [5, 5.41) is 19.2. The van der Waals surface area contributed by atoms with Gasteiger partial charge in [-0.05, 0) is 25.0 Å². The van der Waals surface area contributed by atoms with Crippen LogP contribution in [-0.4, -0.2) is 29.0 Å². The zero-order valence-corrected chi connectivity index (χ0v) is 12.8. The second-order valence-corrected chi connectivity index (χ2v) is 6.12. The summed E-state index contributed by atoms with van der Waals surface area (Å²) in [6.45, 7) is 8.19. The molecule has 1 heterocycles. The Kier molecular flexibility index (Phi) is 4.84. The average Bonchev–Trinajstić information content (AvgIpc) is 2.41. The van der Waals surface area contributed by atoms with Crippen molar-refractivity contribution in [2.45, 2.75) is 58.3 Å². The van der Waals surface area contributed by atoms with Crippen molar-refractivity contribution in [3.63, 3.8) is 0 Å². The fourth-order valence-corrected chi connectivity index (χ4v) is 3.14. The average molecular weight is 278 g/mol. The third kappa shape index (κ3) is 2.90. The lowest BCUT2D eigenvalue weighted by atomic mass is 9.79. The molecule has 5 atom stereocenters. The molecule has 0 amide bonds. The summed E-state index contributed by atoms with van der Waals surface area (Å²) in [5.41, 5.74) is 3.70. The first-order chi connectivity index (χ1) is 9.45. The first kappa shape index (κ1) is 15.5. The lowest BCUT2D eigenvalue weighted by Gasteiger charge is -2.40. The Morgan fingerprint density at radius 3 is 2.55 bits per heavy atom. The molecule has 0 radical (unpaired) electrons. The molecule has 0 spiro atoms. The molecule has 0 fully saturated rings. The van der Waals surface area contributed by atoms with Crippen LogP contribution in [0.2, 0.25) is 0 Å². The molecular formula is C17H26O3. The molecule has 0 aliphatic carbocycles. The van der Waals surface area contributed by atoms with Crippen molar-refractivity contribution in [2.24, 2.45) is 5.92 Å². The van der Waals surface area contributed by atoms with Crippen LogP contribution < -0.4 is 0 Å². The zero-order chi connectivity index (χ0) is 14.9. The van der Waals surface area contributed by atoms with Crippen molar-refractivity contribution in [3.05, 3.63) is 34.9 Å². The van der Waals surface area contributed by atoms with E-state index in [1.54, 1.807) is 0 Å². The zero-order valence-electron chi connectivity index (χ0n) is 12.8. The van der Waals surface area contributed by atoms with Crippen LogP contribution in [0.25, 0.3) is 0 Å². The van der Waals surface area contributed by atoms with E-state index in [9.17, 15) is 10.2 Å². The van der Waals surface area contributed by atoms with Gasteiger partial charge in [0.15, 0.2) is 0 Å². The van der Waals surface area contributed by atoms with Gasteiger partial charge in [-0.1, -0.05) is 37.6 Å². The van der Waals surface area contributed by atoms with Crippen LogP contribution in [0.3, 0.4) is 0 Å². The number of benzene rings is 1. The number of hydrogen-bond donors (Lipinski definition) is 2. The molecule has 0 saturated carbocycles. The van der Waals surface area contributed by atoms with Crippen LogP contribution >= 0.6 is 0 Å². The van der Waals surface area contributed by atoms with Gasteiger partial charge in [0.1, 0.15) is 0 Å². The maximum atomic E-state index is 9.87. The molecule has 112 valence electrons. The van der Waals surface area contributed by atoms with Crippen molar-refractivity contribution in [2.75, 3.05) is 6.61 Å². The highest BCUT2D eigenvalue weighted by atomic mass is 16.5. The van der Waals surface area contributed by atoms with Crippen LogP contribution in [-0.2, 0) is 4.74 Å². The summed E-state index contributed by atoms with van der Waals surface area (Å²) >= 11 is 0. The highest BCUT2D eigenvalue weighted by molar-refractivity contribution is 5.38. The van der Waals surface area contributed by atoms with Crippen LogP contribution in [0.1, 0.15) is 55.9 Å². The van der Waals surface area contributed by atoms with Crippen molar-refractivity contribution in [1.29, 1.82) is 0 Å². The van der Waals surface area contributed by atoms with Crippen LogP contribution in [0.15, 0.2) is 18.2 Å². The van der Waals surface area contributed by atoms with E-state index in [1.807, 2.05) is 13.8 Å². The van der Waals surface area contributed by atoms with E-state index in [1.165, 1.54) is 16.7 Å². The van der Waals surface area contributed by atoms with Gasteiger partial charge in [-0.2, -0.15) is 0 Å². The maximum Gasteiger partial charge on any atom is 0.0853 e. The topological polar surface area (TPSA) is 49.7 Å². The largest absolute Gasteiger partial charge is 0.396 e. The molecule has 1 aliphatic rings. The number of aryl methyl sites for hydroxylation is 1. The highest BCUT2D eigenvalue weighted by Gasteiger charge is 2.37. The number of aliphatic hydroxyl groups excluding tert-OH is 2. The number of ether oxygens (including phenoxy) is 1. The lowest BCUT2D eigenvalue weighted by Crippen LogP contribution is -2.38. The minimum absolute atomic E-state index is 0.0123. The molecule has 0 bridgehead atoms. The van der Waals surface area contributed by atoms with Crippen LogP contribution in [0.5, 0.6) is 0 Å². The molecule has 20 heavy (non-hydrogen) atoms. The molecule has 3 nitrogen and oxygen atoms in total. The fraction of sp³-hybridized carbons (Fsp3) is 0.647. The van der Waals surface area contributed by atoms with Gasteiger partial charge in [0, 0.05) is 24.9 Å². The van der Waals surface area contributed by atoms with Gasteiger partial charge in [0.2, 0.25) is 0 Å². The summed E-state index contributed by atoms with van der Waals surface area (Å²) in [6.07, 6.45) is 0.120. The summed E-state index contributed by atoms with van der Waals surface area (Å²) < 4.78 is 6.22. The monoisotopic (exact) mass is 278 g/mol. The number of aliphatic hydroxyl groups is 2. The maximum absolute atomic E-state index is 9.87. The van der Waals surface area contributed by atoms with E-state index in [0.717, 1.165) is 0 Å². The lowest BCUT2D eigenvalue weighted by molar-refractivity contribution is -0.0948. The van der Waals surface area contributed by atoms with E-state index < -0.39 is 6.10 Å².